The van der Waals surface area contributed by atoms with Gasteiger partial charge < -0.3 is 10.6 Å². The van der Waals surface area contributed by atoms with Crippen LogP contribution in [-0.4, -0.2) is 23.9 Å². The maximum atomic E-state index is 13.0. The van der Waals surface area contributed by atoms with Crippen molar-refractivity contribution in [3.63, 3.8) is 0 Å². The fourth-order valence-corrected chi connectivity index (χ4v) is 5.25. The molecule has 7 heteroatoms. The summed E-state index contributed by atoms with van der Waals surface area (Å²) >= 11 is 1.60. The highest BCUT2D eigenvalue weighted by Gasteiger charge is 2.51. The third-order valence-electron chi connectivity index (χ3n) is 5.17. The Morgan fingerprint density at radius 1 is 1.12 bits per heavy atom. The molecule has 25 heavy (non-hydrogen) atoms. The van der Waals surface area contributed by atoms with E-state index in [2.05, 4.69) is 29.8 Å². The van der Waals surface area contributed by atoms with Crippen molar-refractivity contribution in [2.75, 3.05) is 0 Å². The first-order valence-electron chi connectivity index (χ1n) is 8.46. The highest BCUT2D eigenvalue weighted by atomic mass is 32.1. The van der Waals surface area contributed by atoms with Crippen molar-refractivity contribution >= 4 is 29.1 Å². The SMILES string of the molecule is Cc1ccc(C2C3=C(CC(C)(C)CC3=O)NC3NC(=O)NC(=O)C32)s1. The molecule has 3 unspecified atom stereocenters. The van der Waals surface area contributed by atoms with Crippen LogP contribution in [-0.2, 0) is 9.59 Å². The van der Waals surface area contributed by atoms with Crippen molar-refractivity contribution in [1.82, 2.24) is 16.0 Å². The zero-order valence-electron chi connectivity index (χ0n) is 14.4. The number of urea groups is 1. The molecular weight excluding hydrogens is 338 g/mol. The summed E-state index contributed by atoms with van der Waals surface area (Å²) in [6.07, 6.45) is 0.712. The third kappa shape index (κ3) is 2.66. The smallest absolute Gasteiger partial charge is 0.323 e. The van der Waals surface area contributed by atoms with Gasteiger partial charge in [-0.1, -0.05) is 13.8 Å². The molecule has 132 valence electrons. The van der Waals surface area contributed by atoms with Crippen LogP contribution in [0, 0.1) is 18.3 Å². The zero-order chi connectivity index (χ0) is 17.9. The number of hydrogen-bond acceptors (Lipinski definition) is 5. The van der Waals surface area contributed by atoms with Gasteiger partial charge in [0, 0.05) is 33.4 Å². The quantitative estimate of drug-likeness (QED) is 0.717. The minimum atomic E-state index is -0.528. The summed E-state index contributed by atoms with van der Waals surface area (Å²) in [5.74, 6) is -1.08. The molecule has 0 saturated carbocycles. The summed E-state index contributed by atoms with van der Waals surface area (Å²) in [7, 11) is 0. The Bertz CT molecular complexity index is 823. The average Bonchev–Trinajstić information content (AvgIpc) is 2.89. The van der Waals surface area contributed by atoms with E-state index < -0.39 is 18.1 Å². The normalized spacial score (nSPS) is 30.8. The molecule has 1 aliphatic carbocycles. The number of ketones is 1. The standard InChI is InChI=1S/C18H21N3O3S/c1-8-4-5-11(25-8)13-12-9(6-18(2,3)7-10(12)22)19-15-14(13)16(23)21-17(24)20-15/h4-5,13-15,19H,6-7H2,1-3H3,(H2,20,21,23,24). The lowest BCUT2D eigenvalue weighted by Gasteiger charge is -2.46. The molecular formula is C18H21N3O3S. The molecule has 6 nitrogen and oxygen atoms in total. The second-order valence-corrected chi connectivity index (χ2v) is 9.19. The molecule has 0 aromatic carbocycles. The van der Waals surface area contributed by atoms with E-state index in [-0.39, 0.29) is 23.0 Å². The predicted octanol–water partition coefficient (Wildman–Crippen LogP) is 2.17. The van der Waals surface area contributed by atoms with E-state index in [9.17, 15) is 14.4 Å². The number of thiophene rings is 1. The van der Waals surface area contributed by atoms with E-state index in [0.717, 1.165) is 21.9 Å². The van der Waals surface area contributed by atoms with Crippen LogP contribution in [0.3, 0.4) is 0 Å². The number of allylic oxidation sites excluding steroid dienone is 2. The molecule has 4 rings (SSSR count). The van der Waals surface area contributed by atoms with Crippen molar-refractivity contribution in [3.8, 4) is 0 Å². The Morgan fingerprint density at radius 3 is 2.56 bits per heavy atom. The zero-order valence-corrected chi connectivity index (χ0v) is 15.3. The minimum Gasteiger partial charge on any atom is -0.368 e. The lowest BCUT2D eigenvalue weighted by Crippen LogP contribution is -2.66. The van der Waals surface area contributed by atoms with Crippen molar-refractivity contribution < 1.29 is 14.4 Å². The molecule has 1 fully saturated rings. The maximum Gasteiger partial charge on any atom is 0.323 e. The first-order chi connectivity index (χ1) is 11.7. The number of Topliss-reactive ketones (excluding diaryl/α,β-unsaturated/α-hetero) is 1. The lowest BCUT2D eigenvalue weighted by molar-refractivity contribution is -0.127. The Hall–Kier alpha value is -2.15. The molecule has 1 saturated heterocycles. The van der Waals surface area contributed by atoms with Crippen LogP contribution in [0.15, 0.2) is 23.4 Å². The van der Waals surface area contributed by atoms with Crippen LogP contribution < -0.4 is 16.0 Å². The Kier molecular flexibility index (Phi) is 3.54. The van der Waals surface area contributed by atoms with Crippen LogP contribution in [0.4, 0.5) is 4.79 Å². The molecule has 1 aromatic heterocycles. The van der Waals surface area contributed by atoms with Crippen LogP contribution in [0.5, 0.6) is 0 Å². The van der Waals surface area contributed by atoms with Gasteiger partial charge in [0.25, 0.3) is 0 Å². The van der Waals surface area contributed by atoms with Gasteiger partial charge in [-0.05, 0) is 30.9 Å². The number of amides is 3. The molecule has 0 bridgehead atoms. The molecule has 3 N–H and O–H groups in total. The maximum absolute atomic E-state index is 13.0. The van der Waals surface area contributed by atoms with Crippen molar-refractivity contribution in [2.45, 2.75) is 45.7 Å². The van der Waals surface area contributed by atoms with Crippen LogP contribution in [0.2, 0.25) is 0 Å². The third-order valence-corrected chi connectivity index (χ3v) is 6.26. The van der Waals surface area contributed by atoms with E-state index >= 15 is 0 Å². The summed E-state index contributed by atoms with van der Waals surface area (Å²) in [4.78, 5) is 39.5. The number of imide groups is 1. The summed E-state index contributed by atoms with van der Waals surface area (Å²) in [5.41, 5.74) is 1.45. The Balaban J connectivity index is 1.87. The van der Waals surface area contributed by atoms with Crippen molar-refractivity contribution in [1.29, 1.82) is 0 Å². The van der Waals surface area contributed by atoms with Gasteiger partial charge in [-0.25, -0.2) is 4.79 Å². The monoisotopic (exact) mass is 359 g/mol. The van der Waals surface area contributed by atoms with Crippen LogP contribution >= 0.6 is 11.3 Å². The van der Waals surface area contributed by atoms with Gasteiger partial charge in [0.15, 0.2) is 5.78 Å². The van der Waals surface area contributed by atoms with Gasteiger partial charge in [0.2, 0.25) is 5.91 Å². The molecule has 3 amide bonds. The van der Waals surface area contributed by atoms with Gasteiger partial charge in [-0.2, -0.15) is 0 Å². The second-order valence-electron chi connectivity index (χ2n) is 7.87. The topological polar surface area (TPSA) is 87.3 Å². The van der Waals surface area contributed by atoms with Gasteiger partial charge in [0.1, 0.15) is 6.17 Å². The molecule has 3 aliphatic rings. The summed E-state index contributed by atoms with van der Waals surface area (Å²) in [6.45, 7) is 6.15. The fraction of sp³-hybridized carbons (Fsp3) is 0.500. The van der Waals surface area contributed by atoms with Crippen LogP contribution in [0.25, 0.3) is 0 Å². The molecule has 2 aliphatic heterocycles. The number of carbonyl (C=O) groups excluding carboxylic acids is 3. The highest BCUT2D eigenvalue weighted by molar-refractivity contribution is 7.12. The first-order valence-corrected chi connectivity index (χ1v) is 9.27. The molecule has 1 aromatic rings. The summed E-state index contributed by atoms with van der Waals surface area (Å²) in [5, 5.41) is 8.44. The number of hydrogen-bond donors (Lipinski definition) is 3. The summed E-state index contributed by atoms with van der Waals surface area (Å²) < 4.78 is 0. The molecule has 0 spiro atoms. The number of nitrogens with one attached hydrogen (secondary N) is 3. The van der Waals surface area contributed by atoms with E-state index in [0.29, 0.717) is 12.0 Å². The van der Waals surface area contributed by atoms with Crippen molar-refractivity contribution in [2.24, 2.45) is 11.3 Å². The number of rotatable bonds is 1. The fourth-order valence-electron chi connectivity index (χ4n) is 4.21. The molecule has 3 heterocycles. The van der Waals surface area contributed by atoms with Crippen LogP contribution in [0.1, 0.15) is 42.4 Å². The largest absolute Gasteiger partial charge is 0.368 e. The van der Waals surface area contributed by atoms with Gasteiger partial charge in [0.05, 0.1) is 5.92 Å². The van der Waals surface area contributed by atoms with E-state index in [1.807, 2.05) is 19.1 Å². The summed E-state index contributed by atoms with van der Waals surface area (Å²) in [6, 6.07) is 3.51. The van der Waals surface area contributed by atoms with E-state index in [4.69, 9.17) is 0 Å². The predicted molar refractivity (Wildman–Crippen MR) is 93.9 cm³/mol. The Labute approximate surface area is 150 Å². The Morgan fingerprint density at radius 2 is 1.88 bits per heavy atom. The number of fused-ring (bicyclic) bond motifs is 1. The highest BCUT2D eigenvalue weighted by Crippen LogP contribution is 2.48. The van der Waals surface area contributed by atoms with E-state index in [1.54, 1.807) is 11.3 Å². The average molecular weight is 359 g/mol. The van der Waals surface area contributed by atoms with E-state index in [1.165, 1.54) is 0 Å². The minimum absolute atomic E-state index is 0.0953. The van der Waals surface area contributed by atoms with Gasteiger partial charge >= 0.3 is 6.03 Å². The van der Waals surface area contributed by atoms with Gasteiger partial charge in [-0.15, -0.1) is 11.3 Å². The number of aryl methyl sites for hydroxylation is 1. The molecule has 3 atom stereocenters. The van der Waals surface area contributed by atoms with Crippen molar-refractivity contribution in [3.05, 3.63) is 33.2 Å². The number of carbonyl (C=O) groups is 3. The second kappa shape index (κ2) is 5.42. The molecule has 0 radical (unpaired) electrons. The van der Waals surface area contributed by atoms with Gasteiger partial charge in [-0.3, -0.25) is 14.9 Å². The first kappa shape index (κ1) is 16.3. The lowest BCUT2D eigenvalue weighted by atomic mass is 9.67.